The summed E-state index contributed by atoms with van der Waals surface area (Å²) in [6, 6.07) is 8.66. The van der Waals surface area contributed by atoms with Crippen molar-refractivity contribution in [1.29, 1.82) is 0 Å². The van der Waals surface area contributed by atoms with E-state index in [0.29, 0.717) is 0 Å². The monoisotopic (exact) mass is 257 g/mol. The second kappa shape index (κ2) is 5.89. The molecular weight excluding hydrogens is 238 g/mol. The predicted molar refractivity (Wildman–Crippen MR) is 75.5 cm³/mol. The van der Waals surface area contributed by atoms with Gasteiger partial charge in [-0.25, -0.2) is 4.98 Å². The van der Waals surface area contributed by atoms with Gasteiger partial charge >= 0.3 is 0 Å². The van der Waals surface area contributed by atoms with Gasteiger partial charge in [-0.05, 0) is 24.5 Å². The maximum Gasteiger partial charge on any atom is 0.0923 e. The number of hydrogen-bond acceptors (Lipinski definition) is 3. The number of hydrogen-bond donors (Lipinski definition) is 1. The molecule has 1 aromatic carbocycles. The summed E-state index contributed by atoms with van der Waals surface area (Å²) in [5.41, 5.74) is 3.87. The number of para-hydroxylation sites is 1. The van der Waals surface area contributed by atoms with Crippen LogP contribution >= 0.6 is 0 Å². The fourth-order valence-corrected chi connectivity index (χ4v) is 2.53. The van der Waals surface area contributed by atoms with Crippen LogP contribution in [-0.2, 0) is 17.6 Å². The Hall–Kier alpha value is -1.81. The van der Waals surface area contributed by atoms with Crippen molar-refractivity contribution in [3.05, 3.63) is 48.0 Å². The Morgan fingerprint density at radius 3 is 2.79 bits per heavy atom. The molecule has 19 heavy (non-hydrogen) atoms. The molecule has 1 saturated heterocycles. The van der Waals surface area contributed by atoms with Crippen molar-refractivity contribution in [2.45, 2.75) is 12.8 Å². The number of imidazole rings is 1. The Balaban J connectivity index is 1.73. The second-order valence-electron chi connectivity index (χ2n) is 4.79. The van der Waals surface area contributed by atoms with Crippen molar-refractivity contribution in [2.24, 2.45) is 0 Å². The van der Waals surface area contributed by atoms with E-state index in [2.05, 4.69) is 39.1 Å². The van der Waals surface area contributed by atoms with Crippen LogP contribution in [0.4, 0.5) is 5.69 Å². The zero-order valence-corrected chi connectivity index (χ0v) is 11.0. The highest BCUT2D eigenvalue weighted by Gasteiger charge is 2.14. The van der Waals surface area contributed by atoms with Crippen LogP contribution in [0, 0.1) is 0 Å². The summed E-state index contributed by atoms with van der Waals surface area (Å²) in [5.74, 6) is 0. The Kier molecular flexibility index (Phi) is 3.79. The zero-order valence-electron chi connectivity index (χ0n) is 11.0. The number of morpholine rings is 1. The quantitative estimate of drug-likeness (QED) is 0.911. The van der Waals surface area contributed by atoms with E-state index in [1.807, 2.05) is 6.20 Å². The topological polar surface area (TPSA) is 41.1 Å². The first-order valence-corrected chi connectivity index (χ1v) is 6.82. The average molecular weight is 257 g/mol. The molecule has 4 heteroatoms. The molecule has 1 aliphatic rings. The molecule has 0 aliphatic carbocycles. The number of H-pyrrole nitrogens is 1. The summed E-state index contributed by atoms with van der Waals surface area (Å²) >= 11 is 0. The lowest BCUT2D eigenvalue weighted by Crippen LogP contribution is -2.36. The Bertz CT molecular complexity index is 504. The van der Waals surface area contributed by atoms with Crippen LogP contribution in [0.25, 0.3) is 0 Å². The van der Waals surface area contributed by atoms with E-state index in [1.54, 1.807) is 6.33 Å². The van der Waals surface area contributed by atoms with Crippen molar-refractivity contribution in [2.75, 3.05) is 31.2 Å². The molecule has 0 bridgehead atoms. The number of aryl methyl sites for hydroxylation is 2. The van der Waals surface area contributed by atoms with Crippen molar-refractivity contribution in [1.82, 2.24) is 9.97 Å². The lowest BCUT2D eigenvalue weighted by Gasteiger charge is -2.30. The number of aromatic amines is 1. The van der Waals surface area contributed by atoms with E-state index in [0.717, 1.165) is 44.8 Å². The normalized spacial score (nSPS) is 15.7. The molecule has 0 atom stereocenters. The molecule has 100 valence electrons. The molecule has 1 aliphatic heterocycles. The third-order valence-electron chi connectivity index (χ3n) is 3.55. The standard InChI is InChI=1S/C15H19N3O/c1-2-4-15(18-7-9-19-10-8-18)13(3-1)5-6-14-11-16-12-17-14/h1-4,11-12H,5-10H2,(H,16,17). The summed E-state index contributed by atoms with van der Waals surface area (Å²) in [6.45, 7) is 3.63. The SMILES string of the molecule is c1ccc(N2CCOCC2)c(CCc2c[nH]cn2)c1. The molecule has 2 heterocycles. The predicted octanol–water partition coefficient (Wildman–Crippen LogP) is 2.03. The molecule has 0 radical (unpaired) electrons. The van der Waals surface area contributed by atoms with Gasteiger partial charge in [-0.15, -0.1) is 0 Å². The van der Waals surface area contributed by atoms with Crippen LogP contribution in [0.5, 0.6) is 0 Å². The van der Waals surface area contributed by atoms with Crippen molar-refractivity contribution in [3.63, 3.8) is 0 Å². The van der Waals surface area contributed by atoms with Gasteiger partial charge < -0.3 is 14.6 Å². The number of aromatic nitrogens is 2. The molecule has 4 nitrogen and oxygen atoms in total. The fraction of sp³-hybridized carbons (Fsp3) is 0.400. The van der Waals surface area contributed by atoms with E-state index in [4.69, 9.17) is 4.74 Å². The van der Waals surface area contributed by atoms with Gasteiger partial charge in [0.05, 0.1) is 25.2 Å². The summed E-state index contributed by atoms with van der Waals surface area (Å²) in [7, 11) is 0. The minimum Gasteiger partial charge on any atom is -0.378 e. The number of nitrogens with one attached hydrogen (secondary N) is 1. The number of anilines is 1. The van der Waals surface area contributed by atoms with Crippen molar-refractivity contribution in [3.8, 4) is 0 Å². The van der Waals surface area contributed by atoms with Gasteiger partial charge in [-0.1, -0.05) is 18.2 Å². The Morgan fingerprint density at radius 2 is 2.00 bits per heavy atom. The third kappa shape index (κ3) is 2.96. The molecule has 0 saturated carbocycles. The van der Waals surface area contributed by atoms with Crippen LogP contribution in [-0.4, -0.2) is 36.3 Å². The van der Waals surface area contributed by atoms with Gasteiger partial charge in [-0.2, -0.15) is 0 Å². The van der Waals surface area contributed by atoms with Gasteiger partial charge in [0.2, 0.25) is 0 Å². The van der Waals surface area contributed by atoms with Gasteiger partial charge in [-0.3, -0.25) is 0 Å². The lowest BCUT2D eigenvalue weighted by atomic mass is 10.1. The number of rotatable bonds is 4. The summed E-state index contributed by atoms with van der Waals surface area (Å²) in [4.78, 5) is 9.71. The van der Waals surface area contributed by atoms with Crippen molar-refractivity contribution >= 4 is 5.69 Å². The minimum atomic E-state index is 0.827. The molecule has 0 spiro atoms. The third-order valence-corrected chi connectivity index (χ3v) is 3.55. The highest BCUT2D eigenvalue weighted by molar-refractivity contribution is 5.54. The minimum absolute atomic E-state index is 0.827. The number of nitrogens with zero attached hydrogens (tertiary/aromatic N) is 2. The summed E-state index contributed by atoms with van der Waals surface area (Å²) < 4.78 is 5.42. The number of benzene rings is 1. The van der Waals surface area contributed by atoms with E-state index in [9.17, 15) is 0 Å². The van der Waals surface area contributed by atoms with E-state index in [-0.39, 0.29) is 0 Å². The average Bonchev–Trinajstić information content (AvgIpc) is 3.00. The van der Waals surface area contributed by atoms with E-state index in [1.165, 1.54) is 11.3 Å². The first-order valence-electron chi connectivity index (χ1n) is 6.82. The smallest absolute Gasteiger partial charge is 0.0923 e. The van der Waals surface area contributed by atoms with E-state index < -0.39 is 0 Å². The van der Waals surface area contributed by atoms with Gasteiger partial charge in [0, 0.05) is 25.0 Å². The summed E-state index contributed by atoms with van der Waals surface area (Å²) in [6.07, 6.45) is 5.71. The Morgan fingerprint density at radius 1 is 1.16 bits per heavy atom. The molecular formula is C15H19N3O. The first-order chi connectivity index (χ1) is 9.43. The Labute approximate surface area is 113 Å². The largest absolute Gasteiger partial charge is 0.378 e. The molecule has 1 N–H and O–H groups in total. The molecule has 0 unspecified atom stereocenters. The van der Waals surface area contributed by atoms with E-state index >= 15 is 0 Å². The molecule has 3 rings (SSSR count). The molecule has 2 aromatic rings. The van der Waals surface area contributed by atoms with Gasteiger partial charge in [0.1, 0.15) is 0 Å². The van der Waals surface area contributed by atoms with Crippen LogP contribution in [0.15, 0.2) is 36.8 Å². The highest BCUT2D eigenvalue weighted by atomic mass is 16.5. The van der Waals surface area contributed by atoms with Crippen LogP contribution in [0.3, 0.4) is 0 Å². The van der Waals surface area contributed by atoms with Crippen LogP contribution in [0.1, 0.15) is 11.3 Å². The van der Waals surface area contributed by atoms with Gasteiger partial charge in [0.25, 0.3) is 0 Å². The fourth-order valence-electron chi connectivity index (χ4n) is 2.53. The lowest BCUT2D eigenvalue weighted by molar-refractivity contribution is 0.122. The summed E-state index contributed by atoms with van der Waals surface area (Å²) in [5, 5.41) is 0. The van der Waals surface area contributed by atoms with Gasteiger partial charge in [0.15, 0.2) is 0 Å². The first kappa shape index (κ1) is 12.2. The highest BCUT2D eigenvalue weighted by Crippen LogP contribution is 2.22. The molecule has 1 aromatic heterocycles. The number of ether oxygens (including phenoxy) is 1. The van der Waals surface area contributed by atoms with Crippen LogP contribution < -0.4 is 4.90 Å². The maximum absolute atomic E-state index is 5.42. The zero-order chi connectivity index (χ0) is 12.9. The molecule has 0 amide bonds. The second-order valence-corrected chi connectivity index (χ2v) is 4.79. The van der Waals surface area contributed by atoms with Crippen LogP contribution in [0.2, 0.25) is 0 Å². The maximum atomic E-state index is 5.42. The molecule has 1 fully saturated rings. The van der Waals surface area contributed by atoms with Crippen molar-refractivity contribution < 1.29 is 4.74 Å².